The minimum Gasteiger partial charge on any atom is -0.309 e. The summed E-state index contributed by atoms with van der Waals surface area (Å²) in [6.07, 6.45) is 1.99. The SMILES string of the molecule is C=Cc1c2ccccc2cc2c3ccccc3n(-c3ccc(C)cc3)c12. The highest BCUT2D eigenvalue weighted by Gasteiger charge is 2.16. The Balaban J connectivity index is 2.07. The molecule has 5 aromatic rings. The monoisotopic (exact) mass is 333 g/mol. The highest BCUT2D eigenvalue weighted by atomic mass is 15.0. The van der Waals surface area contributed by atoms with Crippen molar-refractivity contribution in [3.63, 3.8) is 0 Å². The van der Waals surface area contributed by atoms with Gasteiger partial charge in [-0.1, -0.05) is 72.8 Å². The largest absolute Gasteiger partial charge is 0.309 e. The summed E-state index contributed by atoms with van der Waals surface area (Å²) in [4.78, 5) is 0. The number of hydrogen-bond acceptors (Lipinski definition) is 0. The minimum atomic E-state index is 1.18. The zero-order valence-electron chi connectivity index (χ0n) is 14.7. The first-order valence-electron chi connectivity index (χ1n) is 8.92. The van der Waals surface area contributed by atoms with Crippen molar-refractivity contribution in [1.29, 1.82) is 0 Å². The number of aromatic nitrogens is 1. The summed E-state index contributed by atoms with van der Waals surface area (Å²) in [6, 6.07) is 28.2. The lowest BCUT2D eigenvalue weighted by Crippen LogP contribution is -1.96. The molecule has 0 saturated heterocycles. The molecule has 0 unspecified atom stereocenters. The summed E-state index contributed by atoms with van der Waals surface area (Å²) in [5.41, 5.74) is 6.09. The highest BCUT2D eigenvalue weighted by Crippen LogP contribution is 2.38. The van der Waals surface area contributed by atoms with Crippen LogP contribution in [-0.4, -0.2) is 4.57 Å². The molecule has 5 rings (SSSR count). The molecule has 0 atom stereocenters. The van der Waals surface area contributed by atoms with E-state index in [1.807, 2.05) is 6.08 Å². The summed E-state index contributed by atoms with van der Waals surface area (Å²) in [5, 5.41) is 5.04. The van der Waals surface area contributed by atoms with Gasteiger partial charge in [-0.3, -0.25) is 0 Å². The van der Waals surface area contributed by atoms with Crippen LogP contribution in [0.2, 0.25) is 0 Å². The van der Waals surface area contributed by atoms with E-state index in [9.17, 15) is 0 Å². The predicted molar refractivity (Wildman–Crippen MR) is 113 cm³/mol. The van der Waals surface area contributed by atoms with Gasteiger partial charge in [0.2, 0.25) is 0 Å². The molecule has 0 N–H and O–H groups in total. The highest BCUT2D eigenvalue weighted by molar-refractivity contribution is 6.17. The molecule has 1 heteroatoms. The normalized spacial score (nSPS) is 11.4. The van der Waals surface area contributed by atoms with Gasteiger partial charge in [0.15, 0.2) is 0 Å². The molecule has 0 spiro atoms. The second-order valence-electron chi connectivity index (χ2n) is 6.80. The Hall–Kier alpha value is -3.32. The van der Waals surface area contributed by atoms with Crippen LogP contribution in [0.15, 0.2) is 85.4 Å². The Morgan fingerprint density at radius 3 is 2.23 bits per heavy atom. The first-order valence-corrected chi connectivity index (χ1v) is 8.92. The van der Waals surface area contributed by atoms with Crippen LogP contribution in [0.4, 0.5) is 0 Å². The van der Waals surface area contributed by atoms with E-state index in [0.717, 1.165) is 0 Å². The van der Waals surface area contributed by atoms with Crippen molar-refractivity contribution < 1.29 is 0 Å². The summed E-state index contributed by atoms with van der Waals surface area (Å²) in [7, 11) is 0. The van der Waals surface area contributed by atoms with Gasteiger partial charge in [-0.2, -0.15) is 0 Å². The lowest BCUT2D eigenvalue weighted by molar-refractivity contribution is 1.17. The summed E-state index contributed by atoms with van der Waals surface area (Å²) < 4.78 is 2.37. The molecule has 0 saturated carbocycles. The maximum atomic E-state index is 4.14. The van der Waals surface area contributed by atoms with Gasteiger partial charge in [0.1, 0.15) is 0 Å². The number of benzene rings is 4. The number of hydrogen-bond donors (Lipinski definition) is 0. The fourth-order valence-electron chi connectivity index (χ4n) is 4.00. The summed E-state index contributed by atoms with van der Waals surface area (Å²) in [6.45, 7) is 6.26. The van der Waals surface area contributed by atoms with Crippen molar-refractivity contribution in [2.45, 2.75) is 6.92 Å². The molecular weight excluding hydrogens is 314 g/mol. The minimum absolute atomic E-state index is 1.18. The van der Waals surface area contributed by atoms with Gasteiger partial charge in [0.05, 0.1) is 11.0 Å². The fraction of sp³-hybridized carbons (Fsp3) is 0.0400. The van der Waals surface area contributed by atoms with Crippen LogP contribution >= 0.6 is 0 Å². The van der Waals surface area contributed by atoms with Crippen LogP contribution in [-0.2, 0) is 0 Å². The number of nitrogens with zero attached hydrogens (tertiary/aromatic N) is 1. The van der Waals surface area contributed by atoms with E-state index in [0.29, 0.717) is 0 Å². The Kier molecular flexibility index (Phi) is 3.23. The van der Waals surface area contributed by atoms with Crippen LogP contribution < -0.4 is 0 Å². The number of para-hydroxylation sites is 1. The molecule has 1 heterocycles. The first-order chi connectivity index (χ1) is 12.8. The van der Waals surface area contributed by atoms with Gasteiger partial charge in [-0.05, 0) is 42.0 Å². The van der Waals surface area contributed by atoms with E-state index >= 15 is 0 Å². The van der Waals surface area contributed by atoms with Crippen molar-refractivity contribution in [3.05, 3.63) is 96.6 Å². The van der Waals surface area contributed by atoms with Gasteiger partial charge >= 0.3 is 0 Å². The molecule has 26 heavy (non-hydrogen) atoms. The Bertz CT molecular complexity index is 1290. The van der Waals surface area contributed by atoms with E-state index in [1.165, 1.54) is 49.4 Å². The van der Waals surface area contributed by atoms with Gasteiger partial charge in [0, 0.05) is 22.0 Å². The third-order valence-electron chi connectivity index (χ3n) is 5.22. The topological polar surface area (TPSA) is 4.93 Å². The summed E-state index contributed by atoms with van der Waals surface area (Å²) in [5.74, 6) is 0. The fourth-order valence-corrected chi connectivity index (χ4v) is 4.00. The number of rotatable bonds is 2. The molecule has 0 aliphatic carbocycles. The van der Waals surface area contributed by atoms with Crippen LogP contribution in [0.25, 0.3) is 44.3 Å². The second kappa shape index (κ2) is 5.60. The number of aryl methyl sites for hydroxylation is 1. The van der Waals surface area contributed by atoms with Gasteiger partial charge in [-0.15, -0.1) is 0 Å². The lowest BCUT2D eigenvalue weighted by Gasteiger charge is -2.12. The lowest BCUT2D eigenvalue weighted by atomic mass is 10.00. The third-order valence-corrected chi connectivity index (χ3v) is 5.22. The van der Waals surface area contributed by atoms with E-state index in [1.54, 1.807) is 0 Å². The summed E-state index contributed by atoms with van der Waals surface area (Å²) >= 11 is 0. The van der Waals surface area contributed by atoms with Crippen molar-refractivity contribution in [3.8, 4) is 5.69 Å². The Morgan fingerprint density at radius 1 is 0.769 bits per heavy atom. The van der Waals surface area contributed by atoms with E-state index in [2.05, 4.69) is 96.9 Å². The molecule has 0 bridgehead atoms. The predicted octanol–water partition coefficient (Wildman–Crippen LogP) is 6.89. The first kappa shape index (κ1) is 15.0. The Labute approximate surface area is 152 Å². The zero-order valence-corrected chi connectivity index (χ0v) is 14.7. The van der Waals surface area contributed by atoms with E-state index in [4.69, 9.17) is 0 Å². The molecule has 0 fully saturated rings. The molecule has 124 valence electrons. The molecule has 4 aromatic carbocycles. The van der Waals surface area contributed by atoms with E-state index in [-0.39, 0.29) is 0 Å². The molecule has 0 radical (unpaired) electrons. The van der Waals surface area contributed by atoms with Crippen LogP contribution in [0.5, 0.6) is 0 Å². The molecule has 0 aliphatic rings. The smallest absolute Gasteiger partial charge is 0.0619 e. The standard InChI is InChI=1S/C25H19N/c1-3-20-21-9-5-4-8-18(21)16-23-22-10-6-7-11-24(22)26(25(20)23)19-14-12-17(2)13-15-19/h3-16H,1H2,2H3. The average Bonchev–Trinajstić information content (AvgIpc) is 3.01. The zero-order chi connectivity index (χ0) is 17.7. The van der Waals surface area contributed by atoms with Gasteiger partial charge < -0.3 is 4.57 Å². The molecule has 0 aliphatic heterocycles. The van der Waals surface area contributed by atoms with Crippen molar-refractivity contribution in [2.75, 3.05) is 0 Å². The van der Waals surface area contributed by atoms with Crippen LogP contribution in [0, 0.1) is 6.92 Å². The molecule has 1 aromatic heterocycles. The van der Waals surface area contributed by atoms with Crippen molar-refractivity contribution in [1.82, 2.24) is 4.57 Å². The maximum absolute atomic E-state index is 4.14. The van der Waals surface area contributed by atoms with E-state index < -0.39 is 0 Å². The Morgan fingerprint density at radius 2 is 1.46 bits per heavy atom. The van der Waals surface area contributed by atoms with Crippen molar-refractivity contribution >= 4 is 38.7 Å². The molecule has 1 nitrogen and oxygen atoms in total. The third kappa shape index (κ3) is 2.04. The molecule has 0 amide bonds. The molecular formula is C25H19N. The van der Waals surface area contributed by atoms with Crippen LogP contribution in [0.1, 0.15) is 11.1 Å². The van der Waals surface area contributed by atoms with Crippen molar-refractivity contribution in [2.24, 2.45) is 0 Å². The van der Waals surface area contributed by atoms with Gasteiger partial charge in [0.25, 0.3) is 0 Å². The second-order valence-corrected chi connectivity index (χ2v) is 6.80. The van der Waals surface area contributed by atoms with Crippen LogP contribution in [0.3, 0.4) is 0 Å². The quantitative estimate of drug-likeness (QED) is 0.331. The number of fused-ring (bicyclic) bond motifs is 4. The van der Waals surface area contributed by atoms with Gasteiger partial charge in [-0.25, -0.2) is 0 Å². The maximum Gasteiger partial charge on any atom is 0.0619 e. The average molecular weight is 333 g/mol.